The molecule has 0 aliphatic heterocycles. The average Bonchev–Trinajstić information content (AvgIpc) is 3.11. The molecular weight excluding hydrogens is 948 g/mol. The van der Waals surface area contributed by atoms with Crippen LogP contribution in [0.5, 0.6) is 0 Å². The van der Waals surface area contributed by atoms with Crippen molar-refractivity contribution in [1.82, 2.24) is 0 Å². The van der Waals surface area contributed by atoms with E-state index in [-0.39, 0.29) is 48.5 Å². The Morgan fingerprint density at radius 1 is 0.268 bits per heavy atom. The van der Waals surface area contributed by atoms with Gasteiger partial charge in [0.25, 0.3) is 0 Å². The highest BCUT2D eigenvalue weighted by Crippen LogP contribution is 2.63. The van der Waals surface area contributed by atoms with Crippen molar-refractivity contribution >= 4 is 31.9 Å². The van der Waals surface area contributed by atoms with Crippen molar-refractivity contribution in [2.75, 3.05) is 0 Å². The first kappa shape index (κ1) is 45.1. The molecule has 0 nitrogen and oxygen atoms in total. The molecule has 0 amide bonds. The lowest BCUT2D eigenvalue weighted by molar-refractivity contribution is -0.407. The highest BCUT2D eigenvalue weighted by Gasteiger charge is 2.88. The Bertz CT molecular complexity index is 1890. The number of hydrogen-bond donors (Lipinski definition) is 0. The lowest BCUT2D eigenvalue weighted by Crippen LogP contribution is -2.65. The molecule has 0 bridgehead atoms. The van der Waals surface area contributed by atoms with Crippen LogP contribution < -0.4 is 0 Å². The first-order valence-electron chi connectivity index (χ1n) is 14.7. The van der Waals surface area contributed by atoms with E-state index in [1.807, 2.05) is 0 Å². The van der Waals surface area contributed by atoms with Crippen LogP contribution in [0.2, 0.25) is 0 Å². The van der Waals surface area contributed by atoms with E-state index in [0.29, 0.717) is 36.4 Å². The molecule has 0 aromatic heterocycles. The molecule has 0 heterocycles. The Balaban J connectivity index is 1.63. The van der Waals surface area contributed by atoms with Crippen molar-refractivity contribution in [3.63, 3.8) is 0 Å². The molecule has 0 saturated heterocycles. The molecule has 0 radical (unpaired) electrons. The van der Waals surface area contributed by atoms with Crippen molar-refractivity contribution in [1.29, 1.82) is 0 Å². The molecule has 0 atom stereocenters. The van der Waals surface area contributed by atoms with E-state index < -0.39 is 102 Å². The van der Waals surface area contributed by atoms with Gasteiger partial charge in [0.1, 0.15) is 0 Å². The summed E-state index contributed by atoms with van der Waals surface area (Å²) < 4.78 is 292. The minimum atomic E-state index is -7.48. The van der Waals surface area contributed by atoms with Crippen LogP contribution in [0.1, 0.15) is 22.3 Å². The summed E-state index contributed by atoms with van der Waals surface area (Å²) in [5.41, 5.74) is -9.46. The lowest BCUT2D eigenvalue weighted by Gasteiger charge is -2.39. The Labute approximate surface area is 317 Å². The SMILES string of the molecule is FC(F)(c1ccc(-c2ccc(C(F)(F)C(F)(F)C(F)(F)C(F)(F)C(F)(F)c3cccc(Br)c3)cc2)cc1)C(F)(F)C(F)(F)C(F)(F)C(F)(F)c1cccc(Br)c1. The molecule has 56 heavy (non-hydrogen) atoms. The standard InChI is InChI=1S/C34H16Br2F20/c35-23-5-1-3-21(15-23)27(41,42)31(49,50)33(53,54)29(45,46)25(37,38)19-11-7-17(8-12-19)18-9-13-20(14-10-18)26(39,40)30(47,48)34(55,56)32(51,52)28(43,44)22-4-2-6-24(36)16-22/h1-16H. The summed E-state index contributed by atoms with van der Waals surface area (Å²) in [5, 5.41) is 0. The summed E-state index contributed by atoms with van der Waals surface area (Å²) >= 11 is 5.14. The van der Waals surface area contributed by atoms with Gasteiger partial charge < -0.3 is 0 Å². The highest BCUT2D eigenvalue weighted by atomic mass is 79.9. The fourth-order valence-electron chi connectivity index (χ4n) is 5.02. The third kappa shape index (κ3) is 6.62. The van der Waals surface area contributed by atoms with Crippen molar-refractivity contribution in [3.05, 3.63) is 128 Å². The maximum absolute atomic E-state index is 14.9. The van der Waals surface area contributed by atoms with Crippen LogP contribution in [0.4, 0.5) is 87.8 Å². The van der Waals surface area contributed by atoms with Crippen LogP contribution in [-0.4, -0.2) is 35.5 Å². The molecule has 0 fully saturated rings. The quantitative estimate of drug-likeness (QED) is 0.117. The maximum Gasteiger partial charge on any atom is 0.385 e. The minimum Gasteiger partial charge on any atom is -0.194 e. The van der Waals surface area contributed by atoms with E-state index >= 15 is 0 Å². The number of halogens is 22. The number of rotatable bonds is 13. The maximum atomic E-state index is 14.9. The fraction of sp³-hybridized carbons (Fsp3) is 0.294. The monoisotopic (exact) mass is 962 g/mol. The predicted octanol–water partition coefficient (Wildman–Crippen LogP) is 14.5. The summed E-state index contributed by atoms with van der Waals surface area (Å²) in [6.45, 7) is 0. The second-order valence-electron chi connectivity index (χ2n) is 11.9. The zero-order valence-corrected chi connectivity index (χ0v) is 29.7. The lowest BCUT2D eigenvalue weighted by atomic mass is 9.87. The molecule has 4 aromatic rings. The van der Waals surface area contributed by atoms with Gasteiger partial charge in [-0.3, -0.25) is 0 Å². The smallest absolute Gasteiger partial charge is 0.194 e. The van der Waals surface area contributed by atoms with E-state index in [9.17, 15) is 87.8 Å². The second-order valence-corrected chi connectivity index (χ2v) is 13.8. The summed E-state index contributed by atoms with van der Waals surface area (Å²) in [7, 11) is 0. The van der Waals surface area contributed by atoms with Crippen molar-refractivity contribution in [2.45, 2.75) is 59.2 Å². The van der Waals surface area contributed by atoms with Gasteiger partial charge in [0.05, 0.1) is 0 Å². The predicted molar refractivity (Wildman–Crippen MR) is 165 cm³/mol. The van der Waals surface area contributed by atoms with Crippen LogP contribution in [-0.2, 0) is 23.7 Å². The van der Waals surface area contributed by atoms with E-state index in [4.69, 9.17) is 0 Å². The Morgan fingerprint density at radius 2 is 0.500 bits per heavy atom. The van der Waals surface area contributed by atoms with Crippen LogP contribution in [0.3, 0.4) is 0 Å². The van der Waals surface area contributed by atoms with Gasteiger partial charge >= 0.3 is 59.2 Å². The molecule has 4 aromatic carbocycles. The zero-order chi connectivity index (χ0) is 42.9. The van der Waals surface area contributed by atoms with Crippen LogP contribution in [0.15, 0.2) is 106 Å². The molecule has 0 unspecified atom stereocenters. The van der Waals surface area contributed by atoms with E-state index in [1.54, 1.807) is 0 Å². The Morgan fingerprint density at radius 3 is 0.732 bits per heavy atom. The minimum absolute atomic E-state index is 0.129. The molecule has 0 aliphatic rings. The van der Waals surface area contributed by atoms with Gasteiger partial charge in [-0.15, -0.1) is 0 Å². The van der Waals surface area contributed by atoms with Gasteiger partial charge in [-0.05, 0) is 35.4 Å². The summed E-state index contributed by atoms with van der Waals surface area (Å²) in [6.07, 6.45) is 0. The largest absolute Gasteiger partial charge is 0.385 e. The summed E-state index contributed by atoms with van der Waals surface area (Å²) in [4.78, 5) is 0. The molecule has 0 saturated carbocycles. The molecule has 0 spiro atoms. The number of alkyl halides is 20. The van der Waals surface area contributed by atoms with Gasteiger partial charge in [0, 0.05) is 31.2 Å². The molecule has 0 N–H and O–H groups in total. The Hall–Kier alpha value is -3.56. The first-order valence-corrected chi connectivity index (χ1v) is 16.3. The molecule has 0 aliphatic carbocycles. The van der Waals surface area contributed by atoms with Gasteiger partial charge in [-0.1, -0.05) is 105 Å². The van der Waals surface area contributed by atoms with E-state index in [0.717, 1.165) is 12.1 Å². The topological polar surface area (TPSA) is 0 Å². The van der Waals surface area contributed by atoms with Gasteiger partial charge in [0.2, 0.25) is 0 Å². The van der Waals surface area contributed by atoms with Crippen LogP contribution in [0.25, 0.3) is 11.1 Å². The second kappa shape index (κ2) is 14.1. The zero-order valence-electron chi connectivity index (χ0n) is 26.6. The molecule has 22 heteroatoms. The number of benzene rings is 4. The van der Waals surface area contributed by atoms with Crippen LogP contribution in [0, 0.1) is 0 Å². The van der Waals surface area contributed by atoms with Crippen molar-refractivity contribution in [3.8, 4) is 11.1 Å². The normalized spacial score (nSPS) is 14.6. The van der Waals surface area contributed by atoms with Gasteiger partial charge in [-0.25, -0.2) is 0 Å². The molecule has 306 valence electrons. The van der Waals surface area contributed by atoms with E-state index in [1.165, 1.54) is 0 Å². The van der Waals surface area contributed by atoms with Gasteiger partial charge in [-0.2, -0.15) is 87.8 Å². The third-order valence-electron chi connectivity index (χ3n) is 8.36. The summed E-state index contributed by atoms with van der Waals surface area (Å²) in [6, 6.07) is 4.42. The fourth-order valence-corrected chi connectivity index (χ4v) is 5.82. The molecular formula is C34H16Br2F20. The Kier molecular flexibility index (Phi) is 11.3. The van der Waals surface area contributed by atoms with Gasteiger partial charge in [0.15, 0.2) is 0 Å². The first-order chi connectivity index (χ1) is 25.2. The third-order valence-corrected chi connectivity index (χ3v) is 9.34. The van der Waals surface area contributed by atoms with E-state index in [2.05, 4.69) is 31.9 Å². The van der Waals surface area contributed by atoms with Crippen molar-refractivity contribution in [2.24, 2.45) is 0 Å². The molecule has 4 rings (SSSR count). The van der Waals surface area contributed by atoms with Crippen molar-refractivity contribution < 1.29 is 87.8 Å². The average molecular weight is 964 g/mol. The summed E-state index contributed by atoms with van der Waals surface area (Å²) in [5.74, 6) is -68.9. The van der Waals surface area contributed by atoms with Crippen LogP contribution >= 0.6 is 31.9 Å². The highest BCUT2D eigenvalue weighted by molar-refractivity contribution is 9.10. The number of hydrogen-bond acceptors (Lipinski definition) is 0.